The van der Waals surface area contributed by atoms with Gasteiger partial charge in [0.25, 0.3) is 5.91 Å². The summed E-state index contributed by atoms with van der Waals surface area (Å²) in [5.41, 5.74) is 1.66. The van der Waals surface area contributed by atoms with Crippen molar-refractivity contribution in [2.75, 3.05) is 26.7 Å². The number of fused-ring (bicyclic) bond motifs is 1. The van der Waals surface area contributed by atoms with Gasteiger partial charge in [0, 0.05) is 55.8 Å². The van der Waals surface area contributed by atoms with Gasteiger partial charge in [0.15, 0.2) is 0 Å². The first-order valence-corrected chi connectivity index (χ1v) is 8.44. The minimum atomic E-state index is -0.279. The van der Waals surface area contributed by atoms with E-state index in [0.29, 0.717) is 25.2 Å². The standard InChI is InChI=1S/C18H20N4O3/c1-19-17(24)13-7-16(23)22(8-13)14-9-21(10-14)18(25)12-2-3-15-11(6-12)4-5-20-15/h2-6,13-14,20H,7-10H2,1H3,(H,19,24). The molecule has 2 N–H and O–H groups in total. The van der Waals surface area contributed by atoms with E-state index < -0.39 is 0 Å². The van der Waals surface area contributed by atoms with Gasteiger partial charge in [-0.05, 0) is 24.3 Å². The number of amides is 3. The van der Waals surface area contributed by atoms with Crippen molar-refractivity contribution in [1.29, 1.82) is 0 Å². The van der Waals surface area contributed by atoms with Crippen molar-refractivity contribution in [3.63, 3.8) is 0 Å². The Bertz CT molecular complexity index is 853. The number of carbonyl (C=O) groups is 3. The van der Waals surface area contributed by atoms with Crippen LogP contribution in [0.4, 0.5) is 0 Å². The van der Waals surface area contributed by atoms with Crippen LogP contribution >= 0.6 is 0 Å². The molecule has 1 unspecified atom stereocenters. The van der Waals surface area contributed by atoms with E-state index in [0.717, 1.165) is 10.9 Å². The molecule has 7 heteroatoms. The number of hydrogen-bond donors (Lipinski definition) is 2. The van der Waals surface area contributed by atoms with Crippen molar-refractivity contribution < 1.29 is 14.4 Å². The maximum atomic E-state index is 12.6. The Morgan fingerprint density at radius 1 is 1.20 bits per heavy atom. The molecular formula is C18H20N4O3. The smallest absolute Gasteiger partial charge is 0.254 e. The number of likely N-dealkylation sites (tertiary alicyclic amines) is 2. The second-order valence-electron chi connectivity index (χ2n) is 6.71. The summed E-state index contributed by atoms with van der Waals surface area (Å²) < 4.78 is 0. The van der Waals surface area contributed by atoms with Crippen molar-refractivity contribution in [3.8, 4) is 0 Å². The molecule has 2 fully saturated rings. The van der Waals surface area contributed by atoms with Gasteiger partial charge >= 0.3 is 0 Å². The first-order chi connectivity index (χ1) is 12.1. The highest BCUT2D eigenvalue weighted by Crippen LogP contribution is 2.26. The maximum Gasteiger partial charge on any atom is 0.254 e. The summed E-state index contributed by atoms with van der Waals surface area (Å²) in [6.45, 7) is 1.49. The van der Waals surface area contributed by atoms with Gasteiger partial charge in [0.05, 0.1) is 12.0 Å². The van der Waals surface area contributed by atoms with Crippen LogP contribution in [0, 0.1) is 5.92 Å². The first kappa shape index (κ1) is 15.7. The highest BCUT2D eigenvalue weighted by Gasteiger charge is 2.43. The van der Waals surface area contributed by atoms with Crippen molar-refractivity contribution in [1.82, 2.24) is 20.1 Å². The van der Waals surface area contributed by atoms with Crippen LogP contribution in [0.15, 0.2) is 30.5 Å². The third-order valence-electron chi connectivity index (χ3n) is 5.17. The Labute approximate surface area is 145 Å². The Morgan fingerprint density at radius 3 is 2.76 bits per heavy atom. The van der Waals surface area contributed by atoms with E-state index in [2.05, 4.69) is 10.3 Å². The van der Waals surface area contributed by atoms with Crippen LogP contribution in [0.2, 0.25) is 0 Å². The quantitative estimate of drug-likeness (QED) is 0.857. The SMILES string of the molecule is CNC(=O)C1CC(=O)N(C2CN(C(=O)c3ccc4[nH]ccc4c3)C2)C1. The number of carbonyl (C=O) groups excluding carboxylic acids is 3. The molecule has 4 rings (SSSR count). The third-order valence-corrected chi connectivity index (χ3v) is 5.17. The summed E-state index contributed by atoms with van der Waals surface area (Å²) in [4.78, 5) is 43.1. The Morgan fingerprint density at radius 2 is 2.00 bits per heavy atom. The molecule has 3 heterocycles. The van der Waals surface area contributed by atoms with Gasteiger partial charge in [0.2, 0.25) is 11.8 Å². The summed E-state index contributed by atoms with van der Waals surface area (Å²) in [5, 5.41) is 3.60. The molecule has 0 aliphatic carbocycles. The van der Waals surface area contributed by atoms with E-state index in [9.17, 15) is 14.4 Å². The monoisotopic (exact) mass is 340 g/mol. The van der Waals surface area contributed by atoms with Gasteiger partial charge in [-0.2, -0.15) is 0 Å². The van der Waals surface area contributed by atoms with E-state index in [-0.39, 0.29) is 36.1 Å². The average Bonchev–Trinajstić information content (AvgIpc) is 3.19. The number of aromatic amines is 1. The zero-order valence-electron chi connectivity index (χ0n) is 14.0. The van der Waals surface area contributed by atoms with E-state index in [1.165, 1.54) is 0 Å². The topological polar surface area (TPSA) is 85.5 Å². The van der Waals surface area contributed by atoms with Gasteiger partial charge in [-0.3, -0.25) is 14.4 Å². The fraction of sp³-hybridized carbons (Fsp3) is 0.389. The maximum absolute atomic E-state index is 12.6. The van der Waals surface area contributed by atoms with E-state index >= 15 is 0 Å². The number of aromatic nitrogens is 1. The second kappa shape index (κ2) is 5.91. The second-order valence-corrected chi connectivity index (χ2v) is 6.71. The number of nitrogens with one attached hydrogen (secondary N) is 2. The van der Waals surface area contributed by atoms with Crippen LogP contribution in [-0.2, 0) is 9.59 Å². The molecule has 2 aromatic rings. The zero-order chi connectivity index (χ0) is 17.6. The number of hydrogen-bond acceptors (Lipinski definition) is 3. The fourth-order valence-electron chi connectivity index (χ4n) is 3.65. The number of rotatable bonds is 3. The zero-order valence-corrected chi connectivity index (χ0v) is 14.0. The lowest BCUT2D eigenvalue weighted by molar-refractivity contribution is -0.132. The van der Waals surface area contributed by atoms with Crippen LogP contribution in [0.3, 0.4) is 0 Å². The summed E-state index contributed by atoms with van der Waals surface area (Å²) in [6, 6.07) is 7.55. The summed E-state index contributed by atoms with van der Waals surface area (Å²) in [6.07, 6.45) is 2.11. The summed E-state index contributed by atoms with van der Waals surface area (Å²) in [7, 11) is 1.58. The molecule has 130 valence electrons. The third kappa shape index (κ3) is 2.65. The molecule has 1 aromatic heterocycles. The molecule has 0 bridgehead atoms. The van der Waals surface area contributed by atoms with Crippen molar-refractivity contribution >= 4 is 28.6 Å². The minimum absolute atomic E-state index is 0.000517. The molecule has 7 nitrogen and oxygen atoms in total. The van der Waals surface area contributed by atoms with Gasteiger partial charge < -0.3 is 20.1 Å². The van der Waals surface area contributed by atoms with E-state index in [1.807, 2.05) is 30.5 Å². The molecule has 1 atom stereocenters. The molecule has 0 saturated carbocycles. The van der Waals surface area contributed by atoms with Gasteiger partial charge in [-0.15, -0.1) is 0 Å². The fourth-order valence-corrected chi connectivity index (χ4v) is 3.65. The van der Waals surface area contributed by atoms with Crippen LogP contribution in [-0.4, -0.2) is 65.2 Å². The molecule has 2 aliphatic rings. The number of nitrogens with zero attached hydrogens (tertiary/aromatic N) is 2. The van der Waals surface area contributed by atoms with E-state index in [4.69, 9.17) is 0 Å². The lowest BCUT2D eigenvalue weighted by atomic mass is 10.0. The lowest BCUT2D eigenvalue weighted by Gasteiger charge is -2.44. The van der Waals surface area contributed by atoms with Gasteiger partial charge in [-0.1, -0.05) is 0 Å². The summed E-state index contributed by atoms with van der Waals surface area (Å²) in [5.74, 6) is -0.394. The summed E-state index contributed by atoms with van der Waals surface area (Å²) >= 11 is 0. The van der Waals surface area contributed by atoms with Crippen LogP contribution < -0.4 is 5.32 Å². The van der Waals surface area contributed by atoms with Crippen molar-refractivity contribution in [2.45, 2.75) is 12.5 Å². The largest absolute Gasteiger partial charge is 0.361 e. The van der Waals surface area contributed by atoms with Crippen molar-refractivity contribution in [3.05, 3.63) is 36.0 Å². The van der Waals surface area contributed by atoms with Gasteiger partial charge in [0.1, 0.15) is 0 Å². The predicted octanol–water partition coefficient (Wildman–Crippen LogP) is 0.587. The van der Waals surface area contributed by atoms with Crippen LogP contribution in [0.5, 0.6) is 0 Å². The van der Waals surface area contributed by atoms with E-state index in [1.54, 1.807) is 16.8 Å². The normalized spacial score (nSPS) is 20.8. The lowest BCUT2D eigenvalue weighted by Crippen LogP contribution is -2.61. The minimum Gasteiger partial charge on any atom is -0.361 e. The molecule has 3 amide bonds. The first-order valence-electron chi connectivity index (χ1n) is 8.44. The van der Waals surface area contributed by atoms with Gasteiger partial charge in [-0.25, -0.2) is 0 Å². The van der Waals surface area contributed by atoms with Crippen LogP contribution in [0.1, 0.15) is 16.8 Å². The molecular weight excluding hydrogens is 320 g/mol. The number of H-pyrrole nitrogens is 1. The Balaban J connectivity index is 1.39. The highest BCUT2D eigenvalue weighted by molar-refractivity contribution is 5.98. The Kier molecular flexibility index (Phi) is 3.71. The molecule has 2 aliphatic heterocycles. The van der Waals surface area contributed by atoms with Crippen molar-refractivity contribution in [2.24, 2.45) is 5.92 Å². The Hall–Kier alpha value is -2.83. The number of benzene rings is 1. The predicted molar refractivity (Wildman–Crippen MR) is 91.9 cm³/mol. The molecule has 2 saturated heterocycles. The molecule has 1 aromatic carbocycles. The highest BCUT2D eigenvalue weighted by atomic mass is 16.2. The molecule has 25 heavy (non-hydrogen) atoms. The van der Waals surface area contributed by atoms with Crippen LogP contribution in [0.25, 0.3) is 10.9 Å². The molecule has 0 radical (unpaired) electrons. The molecule has 0 spiro atoms. The average molecular weight is 340 g/mol.